The van der Waals surface area contributed by atoms with Crippen molar-refractivity contribution in [2.24, 2.45) is 0 Å². The molecule has 100 valence electrons. The second kappa shape index (κ2) is 5.09. The summed E-state index contributed by atoms with van der Waals surface area (Å²) in [6, 6.07) is 10.7. The molecule has 1 aromatic carbocycles. The van der Waals surface area contributed by atoms with E-state index >= 15 is 0 Å². The van der Waals surface area contributed by atoms with Crippen molar-refractivity contribution in [3.63, 3.8) is 0 Å². The Morgan fingerprint density at radius 3 is 2.89 bits per heavy atom. The van der Waals surface area contributed by atoms with Gasteiger partial charge in [-0.3, -0.25) is 0 Å². The quantitative estimate of drug-likeness (QED) is 0.935. The third-order valence-corrected chi connectivity index (χ3v) is 4.51. The number of nitrogens with two attached hydrogens (primary N) is 1. The van der Waals surface area contributed by atoms with Crippen molar-refractivity contribution in [3.8, 4) is 5.75 Å². The van der Waals surface area contributed by atoms with Gasteiger partial charge in [0.15, 0.2) is 16.6 Å². The van der Waals surface area contributed by atoms with Crippen LogP contribution in [0.3, 0.4) is 0 Å². The maximum Gasteiger partial charge on any atom is 0.197 e. The first kappa shape index (κ1) is 12.3. The number of anilines is 2. The van der Waals surface area contributed by atoms with Crippen molar-refractivity contribution in [3.05, 3.63) is 35.9 Å². The molecule has 0 aliphatic carbocycles. The topological polar surface area (TPSA) is 51.4 Å². The van der Waals surface area contributed by atoms with Crippen LogP contribution in [0.5, 0.6) is 5.75 Å². The summed E-state index contributed by atoms with van der Waals surface area (Å²) in [7, 11) is 1.65. The lowest BCUT2D eigenvalue weighted by Gasteiger charge is -2.17. The largest absolute Gasteiger partial charge is 0.490 e. The zero-order valence-corrected chi connectivity index (χ0v) is 11.7. The van der Waals surface area contributed by atoms with Gasteiger partial charge in [0.2, 0.25) is 0 Å². The van der Waals surface area contributed by atoms with Crippen molar-refractivity contribution in [2.45, 2.75) is 12.3 Å². The Kier molecular flexibility index (Phi) is 3.29. The predicted octanol–water partition coefficient (Wildman–Crippen LogP) is 2.73. The van der Waals surface area contributed by atoms with Gasteiger partial charge in [0.1, 0.15) is 0 Å². The Labute approximate surface area is 117 Å². The lowest BCUT2D eigenvalue weighted by molar-refractivity contribution is 0.418. The molecular formula is C14H17N3OS. The monoisotopic (exact) mass is 275 g/mol. The van der Waals surface area contributed by atoms with E-state index in [1.54, 1.807) is 7.11 Å². The average Bonchev–Trinajstić information content (AvgIpc) is 3.06. The van der Waals surface area contributed by atoms with E-state index in [1.165, 1.54) is 17.1 Å². The number of rotatable bonds is 3. The standard InChI is InChI=1S/C14H17N3OS/c1-18-12-13(15)16-19-14(12)17-8-7-11(9-17)10-5-3-2-4-6-10/h2-6,11H,7-9H2,1H3,(H2,15,16). The summed E-state index contributed by atoms with van der Waals surface area (Å²) >= 11 is 1.42. The summed E-state index contributed by atoms with van der Waals surface area (Å²) in [5.41, 5.74) is 7.22. The van der Waals surface area contributed by atoms with E-state index in [2.05, 4.69) is 39.6 Å². The summed E-state index contributed by atoms with van der Waals surface area (Å²) in [5.74, 6) is 1.79. The van der Waals surface area contributed by atoms with Crippen LogP contribution in [0.15, 0.2) is 30.3 Å². The highest BCUT2D eigenvalue weighted by molar-refractivity contribution is 7.11. The van der Waals surface area contributed by atoms with Crippen LogP contribution in [0.25, 0.3) is 0 Å². The first-order valence-electron chi connectivity index (χ1n) is 6.38. The molecule has 1 saturated heterocycles. The molecule has 0 bridgehead atoms. The van der Waals surface area contributed by atoms with Gasteiger partial charge in [0.25, 0.3) is 0 Å². The Morgan fingerprint density at radius 1 is 1.37 bits per heavy atom. The van der Waals surface area contributed by atoms with E-state index in [0.29, 0.717) is 11.7 Å². The second-order valence-electron chi connectivity index (χ2n) is 4.75. The number of hydrogen-bond acceptors (Lipinski definition) is 5. The van der Waals surface area contributed by atoms with E-state index < -0.39 is 0 Å². The van der Waals surface area contributed by atoms with Crippen LogP contribution in [0.2, 0.25) is 0 Å². The number of methoxy groups -OCH3 is 1. The molecule has 1 atom stereocenters. The Hall–Kier alpha value is -1.75. The van der Waals surface area contributed by atoms with Gasteiger partial charge >= 0.3 is 0 Å². The molecule has 19 heavy (non-hydrogen) atoms. The molecule has 1 fully saturated rings. The molecule has 1 aliphatic rings. The van der Waals surface area contributed by atoms with Crippen molar-refractivity contribution >= 4 is 22.4 Å². The van der Waals surface area contributed by atoms with Crippen molar-refractivity contribution in [1.29, 1.82) is 0 Å². The number of nitrogen functional groups attached to an aromatic ring is 1. The lowest BCUT2D eigenvalue weighted by Crippen LogP contribution is -2.18. The first-order chi connectivity index (χ1) is 9.29. The number of ether oxygens (including phenoxy) is 1. The van der Waals surface area contributed by atoms with Crippen molar-refractivity contribution in [1.82, 2.24) is 4.37 Å². The molecule has 0 radical (unpaired) electrons. The smallest absolute Gasteiger partial charge is 0.197 e. The highest BCUT2D eigenvalue weighted by Crippen LogP contribution is 2.41. The molecule has 2 N–H and O–H groups in total. The van der Waals surface area contributed by atoms with Gasteiger partial charge in [-0.2, -0.15) is 4.37 Å². The molecule has 0 spiro atoms. The second-order valence-corrected chi connectivity index (χ2v) is 5.50. The Morgan fingerprint density at radius 2 is 2.16 bits per heavy atom. The average molecular weight is 275 g/mol. The maximum absolute atomic E-state index is 5.81. The fourth-order valence-electron chi connectivity index (χ4n) is 2.62. The molecule has 2 aromatic rings. The molecule has 1 aliphatic heterocycles. The molecule has 4 nitrogen and oxygen atoms in total. The number of nitrogens with zero attached hydrogens (tertiary/aromatic N) is 2. The van der Waals surface area contributed by atoms with Gasteiger partial charge in [-0.1, -0.05) is 30.3 Å². The van der Waals surface area contributed by atoms with Gasteiger partial charge in [-0.05, 0) is 23.5 Å². The Bertz CT molecular complexity index is 555. The van der Waals surface area contributed by atoms with Gasteiger partial charge in [-0.25, -0.2) is 0 Å². The van der Waals surface area contributed by atoms with E-state index in [9.17, 15) is 0 Å². The minimum absolute atomic E-state index is 0.491. The third kappa shape index (κ3) is 2.26. The van der Waals surface area contributed by atoms with Crippen LogP contribution in [0.4, 0.5) is 10.8 Å². The molecule has 3 rings (SSSR count). The molecule has 1 unspecified atom stereocenters. The summed E-state index contributed by atoms with van der Waals surface area (Å²) < 4.78 is 9.53. The van der Waals surface area contributed by atoms with Crippen LogP contribution in [-0.2, 0) is 0 Å². The predicted molar refractivity (Wildman–Crippen MR) is 79.1 cm³/mol. The summed E-state index contributed by atoms with van der Waals surface area (Å²) in [5, 5.41) is 1.05. The van der Waals surface area contributed by atoms with E-state index in [4.69, 9.17) is 10.5 Å². The molecule has 5 heteroatoms. The minimum atomic E-state index is 0.491. The molecule has 0 saturated carbocycles. The van der Waals surface area contributed by atoms with Crippen LogP contribution in [-0.4, -0.2) is 24.6 Å². The first-order valence-corrected chi connectivity index (χ1v) is 7.16. The van der Waals surface area contributed by atoms with Crippen LogP contribution < -0.4 is 15.4 Å². The molecular weight excluding hydrogens is 258 g/mol. The molecule has 0 amide bonds. The zero-order valence-electron chi connectivity index (χ0n) is 10.9. The lowest BCUT2D eigenvalue weighted by atomic mass is 9.99. The number of aromatic nitrogens is 1. The van der Waals surface area contributed by atoms with E-state index in [1.807, 2.05) is 0 Å². The number of hydrogen-bond donors (Lipinski definition) is 1. The Balaban J connectivity index is 1.79. The van der Waals surface area contributed by atoms with Gasteiger partial charge in [-0.15, -0.1) is 0 Å². The third-order valence-electron chi connectivity index (χ3n) is 3.61. The summed E-state index contributed by atoms with van der Waals surface area (Å²) in [4.78, 5) is 2.32. The zero-order chi connectivity index (χ0) is 13.2. The van der Waals surface area contributed by atoms with E-state index in [-0.39, 0.29) is 0 Å². The van der Waals surface area contributed by atoms with Crippen LogP contribution >= 0.6 is 11.5 Å². The van der Waals surface area contributed by atoms with Crippen molar-refractivity contribution < 1.29 is 4.74 Å². The van der Waals surface area contributed by atoms with Gasteiger partial charge in [0, 0.05) is 19.0 Å². The summed E-state index contributed by atoms with van der Waals surface area (Å²) in [6.45, 7) is 2.03. The highest BCUT2D eigenvalue weighted by Gasteiger charge is 2.28. The van der Waals surface area contributed by atoms with Gasteiger partial charge < -0.3 is 15.4 Å². The normalized spacial score (nSPS) is 18.8. The molecule has 2 heterocycles. The van der Waals surface area contributed by atoms with Crippen molar-refractivity contribution in [2.75, 3.05) is 30.8 Å². The maximum atomic E-state index is 5.81. The number of benzene rings is 1. The summed E-state index contributed by atoms with van der Waals surface area (Å²) in [6.07, 6.45) is 1.16. The fraction of sp³-hybridized carbons (Fsp3) is 0.357. The van der Waals surface area contributed by atoms with Gasteiger partial charge in [0.05, 0.1) is 7.11 Å². The van der Waals surface area contributed by atoms with E-state index in [0.717, 1.165) is 30.3 Å². The molecule has 1 aromatic heterocycles. The minimum Gasteiger partial charge on any atom is -0.490 e. The SMILES string of the molecule is COc1c(N)nsc1N1CCC(c2ccccc2)C1. The van der Waals surface area contributed by atoms with Crippen LogP contribution in [0, 0.1) is 0 Å². The van der Waals surface area contributed by atoms with Crippen LogP contribution in [0.1, 0.15) is 17.9 Å². The highest BCUT2D eigenvalue weighted by atomic mass is 32.1. The fourth-order valence-corrected chi connectivity index (χ4v) is 3.44.